The summed E-state index contributed by atoms with van der Waals surface area (Å²) < 4.78 is 0. The second-order valence-electron chi connectivity index (χ2n) is 4.84. The molecule has 0 aromatic rings. The lowest BCUT2D eigenvalue weighted by Crippen LogP contribution is -2.37. The standard InChI is InChI=1S/C12H24N2/c1-2-6-12(7-3-1)13-8-11-14-9-4-5-10-14/h12-13H,1-11H2. The fourth-order valence-corrected chi connectivity index (χ4v) is 2.74. The van der Waals surface area contributed by atoms with E-state index < -0.39 is 0 Å². The van der Waals surface area contributed by atoms with Gasteiger partial charge in [0.25, 0.3) is 0 Å². The third-order valence-electron chi connectivity index (χ3n) is 3.66. The number of likely N-dealkylation sites (tertiary alicyclic amines) is 1. The van der Waals surface area contributed by atoms with Gasteiger partial charge in [0.2, 0.25) is 0 Å². The van der Waals surface area contributed by atoms with Crippen LogP contribution in [0.3, 0.4) is 0 Å². The van der Waals surface area contributed by atoms with Gasteiger partial charge in [0.05, 0.1) is 0 Å². The largest absolute Gasteiger partial charge is 0.313 e. The fraction of sp³-hybridized carbons (Fsp3) is 1.00. The van der Waals surface area contributed by atoms with Crippen LogP contribution in [0, 0.1) is 0 Å². The average Bonchev–Trinajstić information content (AvgIpc) is 2.72. The Hall–Kier alpha value is -0.0800. The minimum atomic E-state index is 0.839. The van der Waals surface area contributed by atoms with Crippen LogP contribution in [0.4, 0.5) is 0 Å². The molecule has 2 nitrogen and oxygen atoms in total. The quantitative estimate of drug-likeness (QED) is 0.740. The Balaban J connectivity index is 1.52. The van der Waals surface area contributed by atoms with Crippen LogP contribution >= 0.6 is 0 Å². The molecule has 0 amide bonds. The highest BCUT2D eigenvalue weighted by molar-refractivity contribution is 4.73. The van der Waals surface area contributed by atoms with Gasteiger partial charge < -0.3 is 10.2 Å². The molecule has 1 saturated carbocycles. The zero-order valence-electron chi connectivity index (χ0n) is 9.30. The summed E-state index contributed by atoms with van der Waals surface area (Å²) in [6.45, 7) is 5.17. The van der Waals surface area contributed by atoms with E-state index in [0.29, 0.717) is 0 Å². The molecule has 1 heterocycles. The Bertz CT molecular complexity index is 146. The first kappa shape index (κ1) is 10.4. The van der Waals surface area contributed by atoms with Gasteiger partial charge in [0, 0.05) is 19.1 Å². The normalized spacial score (nSPS) is 25.7. The molecule has 14 heavy (non-hydrogen) atoms. The maximum Gasteiger partial charge on any atom is 0.0107 e. The van der Waals surface area contributed by atoms with Crippen molar-refractivity contribution in [2.75, 3.05) is 26.2 Å². The number of hydrogen-bond donors (Lipinski definition) is 1. The molecule has 82 valence electrons. The van der Waals surface area contributed by atoms with E-state index in [1.807, 2.05) is 0 Å². The van der Waals surface area contributed by atoms with E-state index in [1.54, 1.807) is 0 Å². The summed E-state index contributed by atoms with van der Waals surface area (Å²) in [5, 5.41) is 3.71. The molecule has 0 bridgehead atoms. The van der Waals surface area contributed by atoms with Crippen molar-refractivity contribution in [1.82, 2.24) is 10.2 Å². The van der Waals surface area contributed by atoms with Crippen molar-refractivity contribution in [2.45, 2.75) is 51.0 Å². The van der Waals surface area contributed by atoms with Crippen LogP contribution in [0.1, 0.15) is 44.9 Å². The highest BCUT2D eigenvalue weighted by atomic mass is 15.2. The fourth-order valence-electron chi connectivity index (χ4n) is 2.74. The summed E-state index contributed by atoms with van der Waals surface area (Å²) in [7, 11) is 0. The number of nitrogens with zero attached hydrogens (tertiary/aromatic N) is 1. The molecule has 2 rings (SSSR count). The lowest BCUT2D eigenvalue weighted by molar-refractivity contribution is 0.308. The summed E-state index contributed by atoms with van der Waals surface area (Å²) in [6, 6.07) is 0.839. The molecule has 2 aliphatic rings. The first-order chi connectivity index (χ1) is 6.95. The van der Waals surface area contributed by atoms with Gasteiger partial charge in [-0.15, -0.1) is 0 Å². The summed E-state index contributed by atoms with van der Waals surface area (Å²) in [5.41, 5.74) is 0. The molecule has 2 fully saturated rings. The lowest BCUT2D eigenvalue weighted by Gasteiger charge is -2.24. The third-order valence-corrected chi connectivity index (χ3v) is 3.66. The predicted octanol–water partition coefficient (Wildman–Crippen LogP) is 2.00. The monoisotopic (exact) mass is 196 g/mol. The van der Waals surface area contributed by atoms with Gasteiger partial charge in [-0.3, -0.25) is 0 Å². The average molecular weight is 196 g/mol. The van der Waals surface area contributed by atoms with Crippen molar-refractivity contribution in [3.8, 4) is 0 Å². The Morgan fingerprint density at radius 1 is 0.929 bits per heavy atom. The minimum Gasteiger partial charge on any atom is -0.313 e. The highest BCUT2D eigenvalue weighted by Gasteiger charge is 2.14. The molecule has 0 radical (unpaired) electrons. The summed E-state index contributed by atoms with van der Waals surface area (Å²) >= 11 is 0. The first-order valence-electron chi connectivity index (χ1n) is 6.41. The third kappa shape index (κ3) is 3.25. The Kier molecular flexibility index (Phi) is 4.26. The molecule has 2 heteroatoms. The molecule has 0 atom stereocenters. The van der Waals surface area contributed by atoms with Gasteiger partial charge in [-0.25, -0.2) is 0 Å². The first-order valence-corrected chi connectivity index (χ1v) is 6.41. The molecule has 0 spiro atoms. The van der Waals surface area contributed by atoms with E-state index in [0.717, 1.165) is 6.04 Å². The summed E-state index contributed by atoms with van der Waals surface area (Å²) in [5.74, 6) is 0. The van der Waals surface area contributed by atoms with Crippen LogP contribution in [0.15, 0.2) is 0 Å². The van der Waals surface area contributed by atoms with E-state index >= 15 is 0 Å². The van der Waals surface area contributed by atoms with Gasteiger partial charge in [-0.1, -0.05) is 19.3 Å². The predicted molar refractivity (Wildman–Crippen MR) is 60.5 cm³/mol. The van der Waals surface area contributed by atoms with Crippen LogP contribution in [0.25, 0.3) is 0 Å². The molecule has 1 aliphatic carbocycles. The highest BCUT2D eigenvalue weighted by Crippen LogP contribution is 2.17. The Morgan fingerprint density at radius 3 is 2.36 bits per heavy atom. The zero-order valence-corrected chi connectivity index (χ0v) is 9.30. The van der Waals surface area contributed by atoms with E-state index in [1.165, 1.54) is 71.1 Å². The van der Waals surface area contributed by atoms with Crippen LogP contribution in [-0.4, -0.2) is 37.1 Å². The second kappa shape index (κ2) is 5.72. The summed E-state index contributed by atoms with van der Waals surface area (Å²) in [4.78, 5) is 2.59. The van der Waals surface area contributed by atoms with E-state index in [4.69, 9.17) is 0 Å². The van der Waals surface area contributed by atoms with E-state index in [-0.39, 0.29) is 0 Å². The van der Waals surface area contributed by atoms with E-state index in [2.05, 4.69) is 10.2 Å². The maximum atomic E-state index is 3.71. The molecule has 0 unspecified atom stereocenters. The van der Waals surface area contributed by atoms with Gasteiger partial charge in [0.15, 0.2) is 0 Å². The SMILES string of the molecule is C1CCC(NCCN2CCCC2)CC1. The van der Waals surface area contributed by atoms with Gasteiger partial charge in [-0.05, 0) is 38.8 Å². The van der Waals surface area contributed by atoms with Crippen molar-refractivity contribution >= 4 is 0 Å². The number of nitrogens with one attached hydrogen (secondary N) is 1. The van der Waals surface area contributed by atoms with Crippen molar-refractivity contribution in [1.29, 1.82) is 0 Å². The Labute approximate surface area is 88.1 Å². The van der Waals surface area contributed by atoms with Crippen molar-refractivity contribution in [3.05, 3.63) is 0 Å². The molecule has 1 N–H and O–H groups in total. The number of hydrogen-bond acceptors (Lipinski definition) is 2. The van der Waals surface area contributed by atoms with Gasteiger partial charge in [0.1, 0.15) is 0 Å². The minimum absolute atomic E-state index is 0.839. The summed E-state index contributed by atoms with van der Waals surface area (Å²) in [6.07, 6.45) is 10.0. The molecule has 1 saturated heterocycles. The zero-order chi connectivity index (χ0) is 9.64. The van der Waals surface area contributed by atoms with E-state index in [9.17, 15) is 0 Å². The topological polar surface area (TPSA) is 15.3 Å². The molecule has 0 aromatic heterocycles. The van der Waals surface area contributed by atoms with Crippen molar-refractivity contribution < 1.29 is 0 Å². The lowest BCUT2D eigenvalue weighted by atomic mass is 9.95. The second-order valence-corrected chi connectivity index (χ2v) is 4.84. The van der Waals surface area contributed by atoms with Gasteiger partial charge >= 0.3 is 0 Å². The molecular weight excluding hydrogens is 172 g/mol. The van der Waals surface area contributed by atoms with Crippen LogP contribution in [0.5, 0.6) is 0 Å². The molecule has 1 aliphatic heterocycles. The van der Waals surface area contributed by atoms with Crippen molar-refractivity contribution in [3.63, 3.8) is 0 Å². The maximum absolute atomic E-state index is 3.71. The molecular formula is C12H24N2. The van der Waals surface area contributed by atoms with Crippen LogP contribution in [0.2, 0.25) is 0 Å². The smallest absolute Gasteiger partial charge is 0.0107 e. The molecule has 0 aromatic carbocycles. The van der Waals surface area contributed by atoms with Crippen molar-refractivity contribution in [2.24, 2.45) is 0 Å². The number of rotatable bonds is 4. The van der Waals surface area contributed by atoms with Gasteiger partial charge in [-0.2, -0.15) is 0 Å². The van der Waals surface area contributed by atoms with Crippen LogP contribution in [-0.2, 0) is 0 Å². The Morgan fingerprint density at radius 2 is 1.64 bits per heavy atom. The van der Waals surface area contributed by atoms with Crippen LogP contribution < -0.4 is 5.32 Å².